The van der Waals surface area contributed by atoms with Crippen molar-refractivity contribution in [2.24, 2.45) is 0 Å². The summed E-state index contributed by atoms with van der Waals surface area (Å²) in [6.07, 6.45) is 0. The van der Waals surface area contributed by atoms with E-state index >= 15 is 0 Å². The summed E-state index contributed by atoms with van der Waals surface area (Å²) >= 11 is 5.88. The molecule has 0 heterocycles. The Labute approximate surface area is 125 Å². The van der Waals surface area contributed by atoms with E-state index in [2.05, 4.69) is 13.8 Å². The smallest absolute Gasteiger partial charge is 0.123 e. The second-order valence-electron chi connectivity index (χ2n) is 5.32. The Morgan fingerprint density at radius 2 is 1.80 bits per heavy atom. The van der Waals surface area contributed by atoms with Crippen LogP contribution in [0.1, 0.15) is 36.5 Å². The predicted octanol–water partition coefficient (Wildman–Crippen LogP) is 4.93. The van der Waals surface area contributed by atoms with Crippen LogP contribution in [0.3, 0.4) is 0 Å². The highest BCUT2D eigenvalue weighted by molar-refractivity contribution is 6.30. The molecule has 106 valence electrons. The molecule has 0 unspecified atom stereocenters. The molecule has 0 atom stereocenters. The molecule has 0 aliphatic rings. The van der Waals surface area contributed by atoms with Crippen molar-refractivity contribution in [2.75, 3.05) is 5.73 Å². The van der Waals surface area contributed by atoms with Gasteiger partial charge in [-0.25, -0.2) is 0 Å². The number of rotatable bonds is 4. The fourth-order valence-electron chi connectivity index (χ4n) is 2.03. The summed E-state index contributed by atoms with van der Waals surface area (Å²) in [5, 5.41) is 0.736. The molecule has 2 nitrogen and oxygen atoms in total. The lowest BCUT2D eigenvalue weighted by Gasteiger charge is -2.16. The van der Waals surface area contributed by atoms with E-state index in [-0.39, 0.29) is 0 Å². The third kappa shape index (κ3) is 3.45. The number of ether oxygens (including phenoxy) is 1. The fourth-order valence-corrected chi connectivity index (χ4v) is 2.16. The Bertz CT molecular complexity index is 591. The summed E-state index contributed by atoms with van der Waals surface area (Å²) in [5.74, 6) is 1.28. The molecule has 0 bridgehead atoms. The van der Waals surface area contributed by atoms with Gasteiger partial charge in [-0.2, -0.15) is 0 Å². The molecule has 0 aliphatic heterocycles. The molecule has 2 N–H and O–H groups in total. The van der Waals surface area contributed by atoms with E-state index in [0.29, 0.717) is 12.5 Å². The molecule has 20 heavy (non-hydrogen) atoms. The zero-order chi connectivity index (χ0) is 14.7. The Kier molecular flexibility index (Phi) is 4.56. The zero-order valence-corrected chi connectivity index (χ0v) is 12.9. The lowest BCUT2D eigenvalue weighted by molar-refractivity contribution is 0.301. The van der Waals surface area contributed by atoms with Crippen molar-refractivity contribution in [1.82, 2.24) is 0 Å². The van der Waals surface area contributed by atoms with E-state index in [1.54, 1.807) is 0 Å². The first-order valence-electron chi connectivity index (χ1n) is 6.74. The summed E-state index contributed by atoms with van der Waals surface area (Å²) in [6.45, 7) is 6.80. The number of anilines is 1. The van der Waals surface area contributed by atoms with Gasteiger partial charge in [-0.05, 0) is 53.8 Å². The minimum absolute atomic E-state index is 0.373. The summed E-state index contributed by atoms with van der Waals surface area (Å²) in [5.41, 5.74) is 10.1. The van der Waals surface area contributed by atoms with Crippen LogP contribution >= 0.6 is 11.6 Å². The third-order valence-electron chi connectivity index (χ3n) is 3.33. The van der Waals surface area contributed by atoms with Crippen molar-refractivity contribution in [3.8, 4) is 5.75 Å². The molecule has 0 radical (unpaired) electrons. The largest absolute Gasteiger partial charge is 0.489 e. The highest BCUT2D eigenvalue weighted by Gasteiger charge is 2.10. The standard InChI is InChI=1S/C17H20ClNO/c1-11(2)15-9-16(19)12(3)8-17(15)20-10-13-4-6-14(18)7-5-13/h4-9,11H,10,19H2,1-3H3. The summed E-state index contributed by atoms with van der Waals surface area (Å²) in [4.78, 5) is 0. The molecule has 0 aliphatic carbocycles. The molecule has 2 aromatic carbocycles. The average Bonchev–Trinajstić information content (AvgIpc) is 2.41. The van der Waals surface area contributed by atoms with Gasteiger partial charge in [0.2, 0.25) is 0 Å². The van der Waals surface area contributed by atoms with Crippen LogP contribution in [0.2, 0.25) is 5.02 Å². The van der Waals surface area contributed by atoms with Gasteiger partial charge in [0.1, 0.15) is 12.4 Å². The zero-order valence-electron chi connectivity index (χ0n) is 12.1. The van der Waals surface area contributed by atoms with Crippen LogP contribution in [-0.2, 0) is 6.61 Å². The van der Waals surface area contributed by atoms with E-state index in [1.807, 2.05) is 43.3 Å². The minimum atomic E-state index is 0.373. The molecule has 0 amide bonds. The molecule has 2 aromatic rings. The molecule has 0 aromatic heterocycles. The van der Waals surface area contributed by atoms with Crippen LogP contribution in [0, 0.1) is 6.92 Å². The first kappa shape index (κ1) is 14.7. The number of nitrogens with two attached hydrogens (primary N) is 1. The average molecular weight is 290 g/mol. The predicted molar refractivity (Wildman–Crippen MR) is 85.5 cm³/mol. The molecule has 0 saturated carbocycles. The number of nitrogen functional groups attached to an aromatic ring is 1. The van der Waals surface area contributed by atoms with Crippen LogP contribution in [0.4, 0.5) is 5.69 Å². The summed E-state index contributed by atoms with van der Waals surface area (Å²) < 4.78 is 5.96. The van der Waals surface area contributed by atoms with Crippen LogP contribution in [-0.4, -0.2) is 0 Å². The van der Waals surface area contributed by atoms with E-state index in [9.17, 15) is 0 Å². The van der Waals surface area contributed by atoms with Crippen molar-refractivity contribution >= 4 is 17.3 Å². The van der Waals surface area contributed by atoms with Gasteiger partial charge >= 0.3 is 0 Å². The van der Waals surface area contributed by atoms with Gasteiger partial charge in [0, 0.05) is 10.7 Å². The van der Waals surface area contributed by atoms with Crippen molar-refractivity contribution in [2.45, 2.75) is 33.3 Å². The second-order valence-corrected chi connectivity index (χ2v) is 5.75. The first-order chi connectivity index (χ1) is 9.47. The quantitative estimate of drug-likeness (QED) is 0.810. The Morgan fingerprint density at radius 1 is 1.15 bits per heavy atom. The van der Waals surface area contributed by atoms with E-state index < -0.39 is 0 Å². The normalized spacial score (nSPS) is 10.8. The highest BCUT2D eigenvalue weighted by Crippen LogP contribution is 2.31. The van der Waals surface area contributed by atoms with Gasteiger partial charge in [-0.15, -0.1) is 0 Å². The molecule has 3 heteroatoms. The lowest BCUT2D eigenvalue weighted by atomic mass is 9.99. The van der Waals surface area contributed by atoms with Gasteiger partial charge in [0.15, 0.2) is 0 Å². The van der Waals surface area contributed by atoms with E-state index in [1.165, 1.54) is 0 Å². The number of hydrogen-bond acceptors (Lipinski definition) is 2. The van der Waals surface area contributed by atoms with Crippen molar-refractivity contribution in [3.63, 3.8) is 0 Å². The molecular formula is C17H20ClNO. The van der Waals surface area contributed by atoms with Crippen LogP contribution in [0.25, 0.3) is 0 Å². The second kappa shape index (κ2) is 6.19. The maximum Gasteiger partial charge on any atom is 0.123 e. The maximum atomic E-state index is 5.98. The molecule has 0 spiro atoms. The number of halogens is 1. The SMILES string of the molecule is Cc1cc(OCc2ccc(Cl)cc2)c(C(C)C)cc1N. The molecule has 2 rings (SSSR count). The molecule has 0 saturated heterocycles. The summed E-state index contributed by atoms with van der Waals surface area (Å²) in [7, 11) is 0. The van der Waals surface area contributed by atoms with Crippen molar-refractivity contribution < 1.29 is 4.74 Å². The number of aryl methyl sites for hydroxylation is 1. The van der Waals surface area contributed by atoms with E-state index in [4.69, 9.17) is 22.1 Å². The number of benzene rings is 2. The first-order valence-corrected chi connectivity index (χ1v) is 7.12. The minimum Gasteiger partial charge on any atom is -0.489 e. The van der Waals surface area contributed by atoms with Gasteiger partial charge in [-0.1, -0.05) is 37.6 Å². The van der Waals surface area contributed by atoms with Crippen molar-refractivity contribution in [3.05, 3.63) is 58.1 Å². The molecule has 0 fully saturated rings. The number of hydrogen-bond donors (Lipinski definition) is 1. The Hall–Kier alpha value is -1.67. The fraction of sp³-hybridized carbons (Fsp3) is 0.294. The van der Waals surface area contributed by atoms with Crippen LogP contribution < -0.4 is 10.5 Å². The monoisotopic (exact) mass is 289 g/mol. The van der Waals surface area contributed by atoms with Crippen molar-refractivity contribution in [1.29, 1.82) is 0 Å². The van der Waals surface area contributed by atoms with Gasteiger partial charge in [-0.3, -0.25) is 0 Å². The third-order valence-corrected chi connectivity index (χ3v) is 3.58. The lowest BCUT2D eigenvalue weighted by Crippen LogP contribution is -2.02. The van der Waals surface area contributed by atoms with Crippen LogP contribution in [0.15, 0.2) is 36.4 Å². The Morgan fingerprint density at radius 3 is 2.40 bits per heavy atom. The maximum absolute atomic E-state index is 5.98. The topological polar surface area (TPSA) is 35.2 Å². The van der Waals surface area contributed by atoms with Crippen LogP contribution in [0.5, 0.6) is 5.75 Å². The van der Waals surface area contributed by atoms with E-state index in [0.717, 1.165) is 33.1 Å². The van der Waals surface area contributed by atoms with Gasteiger partial charge in [0.25, 0.3) is 0 Å². The van der Waals surface area contributed by atoms with Gasteiger partial charge < -0.3 is 10.5 Å². The van der Waals surface area contributed by atoms with Gasteiger partial charge in [0.05, 0.1) is 0 Å². The molecular weight excluding hydrogens is 270 g/mol. The Balaban J connectivity index is 2.20. The summed E-state index contributed by atoms with van der Waals surface area (Å²) in [6, 6.07) is 11.7. The highest BCUT2D eigenvalue weighted by atomic mass is 35.5.